The van der Waals surface area contributed by atoms with Gasteiger partial charge in [0, 0.05) is 6.04 Å². The van der Waals surface area contributed by atoms with Gasteiger partial charge in [-0.2, -0.15) is 0 Å². The molecule has 2 aliphatic carbocycles. The van der Waals surface area contributed by atoms with E-state index in [9.17, 15) is 0 Å². The number of nitrogens with one attached hydrogen (secondary N) is 1. The number of aryl methyl sites for hydroxylation is 1. The highest BCUT2D eigenvalue weighted by Gasteiger charge is 2.18. The Hall–Kier alpha value is -1.25. The molecule has 1 aromatic heterocycles. The molecule has 3 rings (SSSR count). The summed E-state index contributed by atoms with van der Waals surface area (Å²) in [6.07, 6.45) is 33.3. The molecular weight excluding hydrogens is 426 g/mol. The zero-order valence-corrected chi connectivity index (χ0v) is 23.2. The van der Waals surface area contributed by atoms with Crippen molar-refractivity contribution in [1.82, 2.24) is 4.98 Å². The van der Waals surface area contributed by atoms with Crippen molar-refractivity contribution in [1.29, 1.82) is 0 Å². The molecule has 2 fully saturated rings. The third kappa shape index (κ3) is 12.0. The molecule has 1 heterocycles. The number of hydrogen-bond donors (Lipinski definition) is 2. The maximum absolute atomic E-state index is 5.87. The standard InChI is InChI=1S/C32H57N3/c1-27-31(24-25-32(33)34-27)35-30-22-16-10-6-9-14-20-29(21-15-11-17-23-30)26-28-18-12-7-4-2-3-5-8-13-19-28/h24-25,28-30,35H,2-23,26H2,1H3,(H2,33,34). The van der Waals surface area contributed by atoms with Gasteiger partial charge in [-0.15, -0.1) is 0 Å². The van der Waals surface area contributed by atoms with Crippen LogP contribution < -0.4 is 11.1 Å². The van der Waals surface area contributed by atoms with Gasteiger partial charge in [-0.25, -0.2) is 4.98 Å². The first kappa shape index (κ1) is 28.3. The summed E-state index contributed by atoms with van der Waals surface area (Å²) < 4.78 is 0. The van der Waals surface area contributed by atoms with Gasteiger partial charge in [-0.1, -0.05) is 128 Å². The molecule has 0 aliphatic heterocycles. The zero-order chi connectivity index (χ0) is 24.6. The van der Waals surface area contributed by atoms with Crippen LogP contribution >= 0.6 is 0 Å². The molecule has 2 atom stereocenters. The third-order valence-corrected chi connectivity index (χ3v) is 8.94. The Morgan fingerprint density at radius 1 is 0.629 bits per heavy atom. The van der Waals surface area contributed by atoms with Gasteiger partial charge in [0.1, 0.15) is 5.82 Å². The van der Waals surface area contributed by atoms with E-state index in [0.29, 0.717) is 11.9 Å². The van der Waals surface area contributed by atoms with Gasteiger partial charge in [-0.05, 0) is 50.2 Å². The molecule has 1 aromatic rings. The van der Waals surface area contributed by atoms with Crippen molar-refractivity contribution in [2.75, 3.05) is 11.1 Å². The molecule has 3 N–H and O–H groups in total. The molecule has 0 amide bonds. The number of rotatable bonds is 4. The average Bonchev–Trinajstić information content (AvgIpc) is 2.90. The quantitative estimate of drug-likeness (QED) is 0.448. The minimum absolute atomic E-state index is 0.574. The van der Waals surface area contributed by atoms with Gasteiger partial charge in [-0.3, -0.25) is 0 Å². The number of anilines is 2. The molecule has 3 nitrogen and oxygen atoms in total. The van der Waals surface area contributed by atoms with Crippen LogP contribution in [0.25, 0.3) is 0 Å². The molecule has 2 aliphatic rings. The second kappa shape index (κ2) is 17.2. The number of hydrogen-bond acceptors (Lipinski definition) is 3. The van der Waals surface area contributed by atoms with Crippen molar-refractivity contribution >= 4 is 11.5 Å². The lowest BCUT2D eigenvalue weighted by atomic mass is 9.82. The molecule has 35 heavy (non-hydrogen) atoms. The molecule has 2 unspecified atom stereocenters. The van der Waals surface area contributed by atoms with Crippen molar-refractivity contribution in [3.8, 4) is 0 Å². The van der Waals surface area contributed by atoms with Crippen LogP contribution in [0.5, 0.6) is 0 Å². The summed E-state index contributed by atoms with van der Waals surface area (Å²) in [6.45, 7) is 2.07. The second-order valence-electron chi connectivity index (χ2n) is 12.1. The lowest BCUT2D eigenvalue weighted by Gasteiger charge is -2.25. The van der Waals surface area contributed by atoms with Crippen molar-refractivity contribution in [3.63, 3.8) is 0 Å². The van der Waals surface area contributed by atoms with Crippen LogP contribution in [0.2, 0.25) is 0 Å². The molecule has 0 spiro atoms. The molecule has 3 heteroatoms. The fraction of sp³-hybridized carbons (Fsp3) is 0.844. The Morgan fingerprint density at radius 3 is 1.49 bits per heavy atom. The maximum Gasteiger partial charge on any atom is 0.123 e. The maximum atomic E-state index is 5.87. The molecular formula is C32H57N3. The summed E-state index contributed by atoms with van der Waals surface area (Å²) in [6, 6.07) is 4.62. The molecule has 200 valence electrons. The Morgan fingerprint density at radius 2 is 1.03 bits per heavy atom. The van der Waals surface area contributed by atoms with E-state index >= 15 is 0 Å². The minimum Gasteiger partial charge on any atom is -0.384 e. The van der Waals surface area contributed by atoms with Crippen molar-refractivity contribution in [2.24, 2.45) is 11.8 Å². The predicted molar refractivity (Wildman–Crippen MR) is 154 cm³/mol. The fourth-order valence-electron chi connectivity index (χ4n) is 6.75. The lowest BCUT2D eigenvalue weighted by molar-refractivity contribution is 0.283. The number of pyridine rings is 1. The van der Waals surface area contributed by atoms with Crippen LogP contribution in [0.3, 0.4) is 0 Å². The first-order chi connectivity index (χ1) is 17.2. The van der Waals surface area contributed by atoms with Gasteiger partial charge < -0.3 is 11.1 Å². The first-order valence-corrected chi connectivity index (χ1v) is 15.7. The number of aromatic nitrogens is 1. The van der Waals surface area contributed by atoms with E-state index in [4.69, 9.17) is 5.73 Å². The predicted octanol–water partition coefficient (Wildman–Crippen LogP) is 9.98. The minimum atomic E-state index is 0.574. The Labute approximate surface area is 217 Å². The number of nitrogens with two attached hydrogens (primary N) is 1. The highest BCUT2D eigenvalue weighted by atomic mass is 15.0. The van der Waals surface area contributed by atoms with Crippen molar-refractivity contribution in [2.45, 2.75) is 161 Å². The highest BCUT2D eigenvalue weighted by Crippen LogP contribution is 2.32. The average molecular weight is 484 g/mol. The molecule has 2 saturated carbocycles. The third-order valence-electron chi connectivity index (χ3n) is 8.94. The number of nitrogen functional groups attached to an aromatic ring is 1. The first-order valence-electron chi connectivity index (χ1n) is 15.7. The van der Waals surface area contributed by atoms with Gasteiger partial charge in [0.15, 0.2) is 0 Å². The monoisotopic (exact) mass is 483 g/mol. The van der Waals surface area contributed by atoms with Crippen LogP contribution in [-0.4, -0.2) is 11.0 Å². The van der Waals surface area contributed by atoms with Crippen LogP contribution in [0.15, 0.2) is 12.1 Å². The van der Waals surface area contributed by atoms with E-state index in [1.54, 1.807) is 0 Å². The van der Waals surface area contributed by atoms with Gasteiger partial charge in [0.05, 0.1) is 11.4 Å². The summed E-state index contributed by atoms with van der Waals surface area (Å²) in [5.41, 5.74) is 8.07. The van der Waals surface area contributed by atoms with Crippen LogP contribution in [0.4, 0.5) is 11.5 Å². The SMILES string of the molecule is Cc1nc(N)ccc1NC1CCCCCCCC(CC2CCCCCCCCCC2)CCCCC1. The smallest absolute Gasteiger partial charge is 0.123 e. The summed E-state index contributed by atoms with van der Waals surface area (Å²) in [5, 5.41) is 3.83. The van der Waals surface area contributed by atoms with E-state index in [1.807, 2.05) is 6.07 Å². The summed E-state index contributed by atoms with van der Waals surface area (Å²) >= 11 is 0. The van der Waals surface area contributed by atoms with Gasteiger partial charge in [0.2, 0.25) is 0 Å². The van der Waals surface area contributed by atoms with Crippen molar-refractivity contribution in [3.05, 3.63) is 17.8 Å². The molecule has 0 saturated heterocycles. The van der Waals surface area contributed by atoms with E-state index in [0.717, 1.165) is 17.5 Å². The summed E-state index contributed by atoms with van der Waals surface area (Å²) in [4.78, 5) is 4.46. The van der Waals surface area contributed by atoms with Crippen LogP contribution in [0, 0.1) is 18.8 Å². The largest absolute Gasteiger partial charge is 0.384 e. The Balaban J connectivity index is 1.47. The fourth-order valence-corrected chi connectivity index (χ4v) is 6.75. The van der Waals surface area contributed by atoms with Gasteiger partial charge in [0.25, 0.3) is 0 Å². The van der Waals surface area contributed by atoms with Gasteiger partial charge >= 0.3 is 0 Å². The second-order valence-corrected chi connectivity index (χ2v) is 12.1. The molecule has 0 bridgehead atoms. The number of nitrogens with zero attached hydrogens (tertiary/aromatic N) is 1. The van der Waals surface area contributed by atoms with Crippen LogP contribution in [0.1, 0.15) is 153 Å². The van der Waals surface area contributed by atoms with Crippen LogP contribution in [-0.2, 0) is 0 Å². The van der Waals surface area contributed by atoms with E-state index < -0.39 is 0 Å². The van der Waals surface area contributed by atoms with E-state index in [1.165, 1.54) is 153 Å². The highest BCUT2D eigenvalue weighted by molar-refractivity contribution is 5.51. The normalized spacial score (nSPS) is 25.7. The Kier molecular flexibility index (Phi) is 14.0. The topological polar surface area (TPSA) is 50.9 Å². The zero-order valence-electron chi connectivity index (χ0n) is 23.2. The summed E-state index contributed by atoms with van der Waals surface area (Å²) in [5.74, 6) is 2.63. The van der Waals surface area contributed by atoms with Crippen molar-refractivity contribution < 1.29 is 0 Å². The lowest BCUT2D eigenvalue weighted by Crippen LogP contribution is -2.20. The molecule has 0 aromatic carbocycles. The Bertz CT molecular complexity index is 661. The van der Waals surface area contributed by atoms with E-state index in [2.05, 4.69) is 23.3 Å². The molecule has 0 radical (unpaired) electrons. The van der Waals surface area contributed by atoms with E-state index in [-0.39, 0.29) is 0 Å². The summed E-state index contributed by atoms with van der Waals surface area (Å²) in [7, 11) is 0.